The molecule has 0 aromatic heterocycles. The second-order valence-electron chi connectivity index (χ2n) is 7.25. The van der Waals surface area contributed by atoms with Gasteiger partial charge in [-0.1, -0.05) is 52.3 Å². The largest absolute Gasteiger partial charge is 0.508 e. The summed E-state index contributed by atoms with van der Waals surface area (Å²) in [6.45, 7) is 1.48. The van der Waals surface area contributed by atoms with Gasteiger partial charge in [0, 0.05) is 21.2 Å². The number of aromatic hydroxyl groups is 1. The first kappa shape index (κ1) is 20.2. The Kier molecular flexibility index (Phi) is 5.35. The van der Waals surface area contributed by atoms with Crippen molar-refractivity contribution in [3.8, 4) is 11.5 Å². The molecule has 0 saturated heterocycles. The third-order valence-corrected chi connectivity index (χ3v) is 6.06. The van der Waals surface area contributed by atoms with Gasteiger partial charge in [-0.15, -0.1) is 0 Å². The van der Waals surface area contributed by atoms with Gasteiger partial charge in [0.05, 0.1) is 12.0 Å². The molecule has 0 aliphatic carbocycles. The number of carbonyl (C=O) groups excluding carboxylic acids is 1. The molecule has 1 heterocycles. The number of rotatable bonds is 4. The minimum absolute atomic E-state index is 0.0303. The number of aliphatic carboxylic acids is 1. The number of hydrogen-bond donors (Lipinski definition) is 2. The molecule has 0 amide bonds. The summed E-state index contributed by atoms with van der Waals surface area (Å²) in [7, 11) is 0. The lowest BCUT2D eigenvalue weighted by Gasteiger charge is -2.28. The van der Waals surface area contributed by atoms with E-state index < -0.39 is 12.1 Å². The van der Waals surface area contributed by atoms with Gasteiger partial charge in [0.1, 0.15) is 17.6 Å². The Bertz CT molecular complexity index is 1210. The van der Waals surface area contributed by atoms with Gasteiger partial charge in [-0.3, -0.25) is 4.79 Å². The van der Waals surface area contributed by atoms with Crippen molar-refractivity contribution in [1.29, 1.82) is 0 Å². The highest BCUT2D eigenvalue weighted by molar-refractivity contribution is 9.10. The molecule has 30 heavy (non-hydrogen) atoms. The van der Waals surface area contributed by atoms with Gasteiger partial charge in [-0.2, -0.15) is 0 Å². The number of carbonyl (C=O) groups is 2. The van der Waals surface area contributed by atoms with Gasteiger partial charge in [-0.05, 0) is 42.3 Å². The van der Waals surface area contributed by atoms with Gasteiger partial charge in [0.25, 0.3) is 0 Å². The smallest absolute Gasteiger partial charge is 0.330 e. The molecular weight excluding hydrogens is 448 g/mol. The van der Waals surface area contributed by atoms with E-state index in [1.165, 1.54) is 19.1 Å². The minimum Gasteiger partial charge on any atom is -0.508 e. The fourth-order valence-corrected chi connectivity index (χ4v) is 4.19. The van der Waals surface area contributed by atoms with Crippen LogP contribution >= 0.6 is 15.9 Å². The number of carboxylic acids is 1. The lowest BCUT2D eigenvalue weighted by molar-refractivity contribution is -0.132. The number of Topliss-reactive ketones (excluding diaryl/α,β-unsaturated/α-hetero) is 1. The van der Waals surface area contributed by atoms with E-state index in [9.17, 15) is 14.7 Å². The molecule has 2 N–H and O–H groups in total. The van der Waals surface area contributed by atoms with E-state index in [-0.39, 0.29) is 29.9 Å². The molecule has 0 saturated carbocycles. The van der Waals surface area contributed by atoms with Gasteiger partial charge >= 0.3 is 5.97 Å². The first-order valence-corrected chi connectivity index (χ1v) is 10.3. The maximum atomic E-state index is 12.9. The van der Waals surface area contributed by atoms with Crippen LogP contribution in [0.2, 0.25) is 0 Å². The molecule has 1 unspecified atom stereocenters. The van der Waals surface area contributed by atoms with Crippen LogP contribution in [0.5, 0.6) is 11.5 Å². The second kappa shape index (κ2) is 7.95. The fraction of sp³-hybridized carbons (Fsp3) is 0.167. The van der Waals surface area contributed by atoms with Crippen molar-refractivity contribution in [3.63, 3.8) is 0 Å². The standard InChI is InChI=1S/C24H19BrO5/c1-13(24(28)29)6-7-17-20(26)11-9-18-21(27)12-22(30-23(17)18)16-8-10-19(25)15-5-3-2-4-14(15)16/h2-6,8-11,22,26H,7,12H2,1H3,(H,28,29)/b13-6+. The van der Waals surface area contributed by atoms with Gasteiger partial charge < -0.3 is 14.9 Å². The molecule has 6 heteroatoms. The second-order valence-corrected chi connectivity index (χ2v) is 8.11. The zero-order valence-corrected chi connectivity index (χ0v) is 17.8. The molecule has 0 spiro atoms. The van der Waals surface area contributed by atoms with Gasteiger partial charge in [0.2, 0.25) is 0 Å². The molecule has 1 atom stereocenters. The van der Waals surface area contributed by atoms with E-state index >= 15 is 0 Å². The topological polar surface area (TPSA) is 83.8 Å². The summed E-state index contributed by atoms with van der Waals surface area (Å²) in [6, 6.07) is 14.8. The van der Waals surface area contributed by atoms with Crippen LogP contribution in [0.1, 0.15) is 40.9 Å². The summed E-state index contributed by atoms with van der Waals surface area (Å²) in [5.41, 5.74) is 1.86. The first-order valence-electron chi connectivity index (χ1n) is 9.48. The molecular formula is C24H19BrO5. The number of phenolic OH excluding ortho intramolecular Hbond substituents is 1. The average Bonchev–Trinajstić information content (AvgIpc) is 2.73. The van der Waals surface area contributed by atoms with Crippen LogP contribution in [0.3, 0.4) is 0 Å². The van der Waals surface area contributed by atoms with Crippen molar-refractivity contribution in [2.75, 3.05) is 0 Å². The molecule has 0 fully saturated rings. The normalized spacial score (nSPS) is 16.3. The number of ether oxygens (including phenoxy) is 1. The molecule has 0 radical (unpaired) electrons. The zero-order valence-electron chi connectivity index (χ0n) is 16.2. The third kappa shape index (κ3) is 3.59. The molecule has 5 nitrogen and oxygen atoms in total. The van der Waals surface area contributed by atoms with Crippen molar-refractivity contribution < 1.29 is 24.5 Å². The summed E-state index contributed by atoms with van der Waals surface area (Å²) in [4.78, 5) is 24.0. The Labute approximate surface area is 181 Å². The Hall–Kier alpha value is -3.12. The number of ketones is 1. The van der Waals surface area contributed by atoms with E-state index in [4.69, 9.17) is 9.84 Å². The molecule has 4 rings (SSSR count). The highest BCUT2D eigenvalue weighted by atomic mass is 79.9. The number of allylic oxidation sites excluding steroid dienone is 1. The molecule has 1 aliphatic rings. The van der Waals surface area contributed by atoms with Crippen molar-refractivity contribution in [2.45, 2.75) is 25.9 Å². The predicted molar refractivity (Wildman–Crippen MR) is 117 cm³/mol. The van der Waals surface area contributed by atoms with Crippen LogP contribution in [0.15, 0.2) is 64.7 Å². The minimum atomic E-state index is -1.03. The quantitative estimate of drug-likeness (QED) is 0.489. The third-order valence-electron chi connectivity index (χ3n) is 5.37. The van der Waals surface area contributed by atoms with E-state index in [2.05, 4.69) is 15.9 Å². The summed E-state index contributed by atoms with van der Waals surface area (Å²) in [6.07, 6.45) is 1.33. The van der Waals surface area contributed by atoms with Crippen LogP contribution in [-0.2, 0) is 11.2 Å². The van der Waals surface area contributed by atoms with Crippen LogP contribution < -0.4 is 4.74 Å². The van der Waals surface area contributed by atoms with Crippen molar-refractivity contribution >= 4 is 38.5 Å². The molecule has 3 aromatic carbocycles. The Morgan fingerprint density at radius 2 is 1.90 bits per heavy atom. The maximum Gasteiger partial charge on any atom is 0.330 e. The molecule has 1 aliphatic heterocycles. The number of phenols is 1. The van der Waals surface area contributed by atoms with Gasteiger partial charge in [0.15, 0.2) is 5.78 Å². The number of halogens is 1. The average molecular weight is 467 g/mol. The summed E-state index contributed by atoms with van der Waals surface area (Å²) in [5, 5.41) is 21.5. The number of benzene rings is 3. The predicted octanol–water partition coefficient (Wildman–Crippen LogP) is 5.59. The van der Waals surface area contributed by atoms with Crippen LogP contribution in [0.25, 0.3) is 10.8 Å². The number of carboxylic acid groups (broad SMARTS) is 1. The fourth-order valence-electron chi connectivity index (χ4n) is 3.71. The van der Waals surface area contributed by atoms with E-state index in [1.807, 2.05) is 36.4 Å². The van der Waals surface area contributed by atoms with Crippen LogP contribution in [-0.4, -0.2) is 22.0 Å². The van der Waals surface area contributed by atoms with E-state index in [0.717, 1.165) is 20.8 Å². The highest BCUT2D eigenvalue weighted by Gasteiger charge is 2.31. The van der Waals surface area contributed by atoms with E-state index in [0.29, 0.717) is 16.9 Å². The number of hydrogen-bond acceptors (Lipinski definition) is 4. The molecule has 0 bridgehead atoms. The molecule has 152 valence electrons. The van der Waals surface area contributed by atoms with Crippen molar-refractivity contribution in [3.05, 3.63) is 81.3 Å². The summed E-state index contributed by atoms with van der Waals surface area (Å²) < 4.78 is 7.22. The Morgan fingerprint density at radius 1 is 1.17 bits per heavy atom. The monoisotopic (exact) mass is 466 g/mol. The first-order chi connectivity index (χ1) is 14.4. The maximum absolute atomic E-state index is 12.9. The lowest BCUT2D eigenvalue weighted by Crippen LogP contribution is -2.21. The Morgan fingerprint density at radius 3 is 2.63 bits per heavy atom. The van der Waals surface area contributed by atoms with Crippen LogP contribution in [0, 0.1) is 0 Å². The van der Waals surface area contributed by atoms with E-state index in [1.54, 1.807) is 6.07 Å². The summed E-state index contributed by atoms with van der Waals surface area (Å²) in [5.74, 6) is -0.820. The number of fused-ring (bicyclic) bond motifs is 2. The zero-order chi connectivity index (χ0) is 21.4. The van der Waals surface area contributed by atoms with Crippen molar-refractivity contribution in [2.24, 2.45) is 0 Å². The van der Waals surface area contributed by atoms with Crippen LogP contribution in [0.4, 0.5) is 0 Å². The lowest BCUT2D eigenvalue weighted by atomic mass is 9.91. The van der Waals surface area contributed by atoms with Gasteiger partial charge in [-0.25, -0.2) is 4.79 Å². The SMILES string of the molecule is C/C(=C\Cc1c(O)ccc2c1OC(c1ccc(Br)c3ccccc13)CC2=O)C(=O)O. The molecule has 3 aromatic rings. The summed E-state index contributed by atoms with van der Waals surface area (Å²) >= 11 is 3.56. The Balaban J connectivity index is 1.79. The van der Waals surface area contributed by atoms with Crippen molar-refractivity contribution in [1.82, 2.24) is 0 Å². The highest BCUT2D eigenvalue weighted by Crippen LogP contribution is 2.43.